The van der Waals surface area contributed by atoms with Crippen molar-refractivity contribution in [3.05, 3.63) is 53.6 Å². The van der Waals surface area contributed by atoms with Crippen molar-refractivity contribution in [2.75, 3.05) is 19.1 Å². The summed E-state index contributed by atoms with van der Waals surface area (Å²) in [6.45, 7) is 0. The highest BCUT2D eigenvalue weighted by atomic mass is 16.5. The molecule has 0 spiro atoms. The van der Waals surface area contributed by atoms with Crippen molar-refractivity contribution >= 4 is 23.5 Å². The predicted molar refractivity (Wildman–Crippen MR) is 114 cm³/mol. The highest BCUT2D eigenvalue weighted by molar-refractivity contribution is 6.21. The van der Waals surface area contributed by atoms with E-state index in [1.165, 1.54) is 0 Å². The number of anilines is 1. The number of nitrogens with one attached hydrogen (secondary N) is 2. The summed E-state index contributed by atoms with van der Waals surface area (Å²) in [6.07, 6.45) is 2.01. The van der Waals surface area contributed by atoms with Gasteiger partial charge in [-0.15, -0.1) is 0 Å². The summed E-state index contributed by atoms with van der Waals surface area (Å²) in [5, 5.41) is 5.72. The standard InChI is InChI=1S/C23H25N3O5/c1-30-19-12-14-8-9-17(16(14)13-20(19)31-2)24-21(27)11-10-18-22(28)26(23(29)25-18)15-6-4-3-5-7-15/h3-7,12-13,17-18H,8-11H2,1-2H3,(H,24,27)(H,25,29)/t17?,18-/m0/s1. The lowest BCUT2D eigenvalue weighted by Crippen LogP contribution is -2.33. The van der Waals surface area contributed by atoms with Crippen molar-refractivity contribution in [2.24, 2.45) is 0 Å². The molecule has 162 valence electrons. The Morgan fingerprint density at radius 1 is 1.13 bits per heavy atom. The molecule has 1 heterocycles. The van der Waals surface area contributed by atoms with Gasteiger partial charge in [-0.2, -0.15) is 0 Å². The molecule has 8 heteroatoms. The van der Waals surface area contributed by atoms with E-state index >= 15 is 0 Å². The van der Waals surface area contributed by atoms with Gasteiger partial charge in [0.2, 0.25) is 5.91 Å². The number of benzene rings is 2. The number of hydrogen-bond donors (Lipinski definition) is 2. The van der Waals surface area contributed by atoms with E-state index in [-0.39, 0.29) is 30.7 Å². The first-order valence-corrected chi connectivity index (χ1v) is 10.3. The molecule has 0 aromatic heterocycles. The van der Waals surface area contributed by atoms with Crippen molar-refractivity contribution < 1.29 is 23.9 Å². The molecule has 1 unspecified atom stereocenters. The van der Waals surface area contributed by atoms with Gasteiger partial charge < -0.3 is 20.1 Å². The Bertz CT molecular complexity index is 1010. The second kappa shape index (κ2) is 8.67. The van der Waals surface area contributed by atoms with E-state index in [4.69, 9.17) is 9.47 Å². The number of carbonyl (C=O) groups excluding carboxylic acids is 3. The van der Waals surface area contributed by atoms with Crippen LogP contribution >= 0.6 is 0 Å². The van der Waals surface area contributed by atoms with Crippen LogP contribution in [-0.4, -0.2) is 38.1 Å². The minimum absolute atomic E-state index is 0.114. The first-order chi connectivity index (χ1) is 15.0. The summed E-state index contributed by atoms with van der Waals surface area (Å²) < 4.78 is 10.7. The summed E-state index contributed by atoms with van der Waals surface area (Å²) in [6, 6.07) is 11.3. The highest BCUT2D eigenvalue weighted by Gasteiger charge is 2.39. The van der Waals surface area contributed by atoms with Gasteiger partial charge in [-0.1, -0.05) is 18.2 Å². The predicted octanol–water partition coefficient (Wildman–Crippen LogP) is 2.71. The number of nitrogens with zero attached hydrogens (tertiary/aromatic N) is 1. The van der Waals surface area contributed by atoms with Crippen molar-refractivity contribution in [2.45, 2.75) is 37.8 Å². The van der Waals surface area contributed by atoms with E-state index in [1.807, 2.05) is 18.2 Å². The number of para-hydroxylation sites is 1. The van der Waals surface area contributed by atoms with Crippen LogP contribution in [0.25, 0.3) is 0 Å². The van der Waals surface area contributed by atoms with Crippen LogP contribution in [0.15, 0.2) is 42.5 Å². The first-order valence-electron chi connectivity index (χ1n) is 10.3. The normalized spacial score (nSPS) is 19.7. The van der Waals surface area contributed by atoms with E-state index in [1.54, 1.807) is 38.5 Å². The number of carbonyl (C=O) groups is 3. The fourth-order valence-electron chi connectivity index (χ4n) is 4.17. The number of methoxy groups -OCH3 is 2. The zero-order chi connectivity index (χ0) is 22.0. The molecule has 4 amide bonds. The Kier molecular flexibility index (Phi) is 5.79. The van der Waals surface area contributed by atoms with E-state index in [2.05, 4.69) is 10.6 Å². The second-order valence-electron chi connectivity index (χ2n) is 7.61. The number of imide groups is 1. The smallest absolute Gasteiger partial charge is 0.329 e. The third kappa shape index (κ3) is 4.05. The second-order valence-corrected chi connectivity index (χ2v) is 7.61. The average Bonchev–Trinajstić information content (AvgIpc) is 3.30. The Labute approximate surface area is 180 Å². The van der Waals surface area contributed by atoms with Crippen molar-refractivity contribution in [3.8, 4) is 11.5 Å². The Balaban J connectivity index is 1.36. The van der Waals surface area contributed by atoms with Crippen LogP contribution in [0.1, 0.15) is 36.4 Å². The van der Waals surface area contributed by atoms with Gasteiger partial charge in [0, 0.05) is 6.42 Å². The summed E-state index contributed by atoms with van der Waals surface area (Å²) >= 11 is 0. The van der Waals surface area contributed by atoms with Gasteiger partial charge in [0.15, 0.2) is 11.5 Å². The number of fused-ring (bicyclic) bond motifs is 1. The van der Waals surface area contributed by atoms with Gasteiger partial charge in [-0.3, -0.25) is 9.59 Å². The Morgan fingerprint density at radius 2 is 1.84 bits per heavy atom. The minimum atomic E-state index is -0.710. The quantitative estimate of drug-likeness (QED) is 0.668. The molecule has 2 aliphatic rings. The SMILES string of the molecule is COc1cc2c(cc1OC)C(NC(=O)CC[C@@H]1NC(=O)N(c3ccccc3)C1=O)CC2. The van der Waals surface area contributed by atoms with Crippen LogP contribution in [0.2, 0.25) is 0 Å². The number of urea groups is 1. The Hall–Kier alpha value is -3.55. The van der Waals surface area contributed by atoms with E-state index < -0.39 is 12.1 Å². The molecule has 2 aromatic carbocycles. The molecule has 1 fully saturated rings. The number of rotatable bonds is 7. The fourth-order valence-corrected chi connectivity index (χ4v) is 4.17. The van der Waals surface area contributed by atoms with Crippen molar-refractivity contribution in [3.63, 3.8) is 0 Å². The molecule has 1 aliphatic carbocycles. The Morgan fingerprint density at radius 3 is 2.55 bits per heavy atom. The van der Waals surface area contributed by atoms with Gasteiger partial charge in [-0.25, -0.2) is 9.69 Å². The molecular weight excluding hydrogens is 398 g/mol. The fraction of sp³-hybridized carbons (Fsp3) is 0.348. The first kappa shape index (κ1) is 20.7. The average molecular weight is 423 g/mol. The zero-order valence-electron chi connectivity index (χ0n) is 17.5. The third-order valence-corrected chi connectivity index (χ3v) is 5.75. The largest absolute Gasteiger partial charge is 0.493 e. The minimum Gasteiger partial charge on any atom is -0.493 e. The molecule has 0 bridgehead atoms. The number of aryl methyl sites for hydroxylation is 1. The lowest BCUT2D eigenvalue weighted by molar-refractivity contribution is -0.122. The van der Waals surface area contributed by atoms with Crippen LogP contribution in [0.5, 0.6) is 11.5 Å². The van der Waals surface area contributed by atoms with Gasteiger partial charge in [0.25, 0.3) is 5.91 Å². The van der Waals surface area contributed by atoms with Crippen LogP contribution < -0.4 is 25.0 Å². The maximum Gasteiger partial charge on any atom is 0.329 e. The number of hydrogen-bond acceptors (Lipinski definition) is 5. The molecular formula is C23H25N3O5. The number of amides is 4. The maximum absolute atomic E-state index is 12.7. The molecule has 4 rings (SSSR count). The summed E-state index contributed by atoms with van der Waals surface area (Å²) in [7, 11) is 3.18. The molecule has 8 nitrogen and oxygen atoms in total. The summed E-state index contributed by atoms with van der Waals surface area (Å²) in [5.74, 6) is 0.800. The molecule has 2 atom stereocenters. The molecule has 31 heavy (non-hydrogen) atoms. The molecule has 0 radical (unpaired) electrons. The summed E-state index contributed by atoms with van der Waals surface area (Å²) in [5.41, 5.74) is 2.66. The van der Waals surface area contributed by atoms with Gasteiger partial charge >= 0.3 is 6.03 Å². The number of ether oxygens (including phenoxy) is 2. The van der Waals surface area contributed by atoms with E-state index in [9.17, 15) is 14.4 Å². The van der Waals surface area contributed by atoms with Crippen molar-refractivity contribution in [1.82, 2.24) is 10.6 Å². The zero-order valence-corrected chi connectivity index (χ0v) is 17.5. The maximum atomic E-state index is 12.7. The topological polar surface area (TPSA) is 97.0 Å². The molecule has 1 aliphatic heterocycles. The molecule has 1 saturated heterocycles. The van der Waals surface area contributed by atoms with E-state index in [0.29, 0.717) is 17.2 Å². The molecule has 2 aromatic rings. The highest BCUT2D eigenvalue weighted by Crippen LogP contribution is 2.39. The lowest BCUT2D eigenvalue weighted by Gasteiger charge is -2.17. The van der Waals surface area contributed by atoms with Gasteiger partial charge in [-0.05, 0) is 54.7 Å². The van der Waals surface area contributed by atoms with Crippen LogP contribution in [0, 0.1) is 0 Å². The lowest BCUT2D eigenvalue weighted by atomic mass is 10.1. The van der Waals surface area contributed by atoms with Gasteiger partial charge in [0.1, 0.15) is 6.04 Å². The molecule has 0 saturated carbocycles. The van der Waals surface area contributed by atoms with Crippen molar-refractivity contribution in [1.29, 1.82) is 0 Å². The van der Waals surface area contributed by atoms with E-state index in [0.717, 1.165) is 28.9 Å². The summed E-state index contributed by atoms with van der Waals surface area (Å²) in [4.78, 5) is 38.6. The van der Waals surface area contributed by atoms with Crippen LogP contribution in [0.3, 0.4) is 0 Å². The molecule has 2 N–H and O–H groups in total. The monoisotopic (exact) mass is 423 g/mol. The van der Waals surface area contributed by atoms with Gasteiger partial charge in [0.05, 0.1) is 25.9 Å². The third-order valence-electron chi connectivity index (χ3n) is 5.75. The van der Waals surface area contributed by atoms with Crippen LogP contribution in [0.4, 0.5) is 10.5 Å². The van der Waals surface area contributed by atoms with Crippen LogP contribution in [-0.2, 0) is 16.0 Å².